The zero-order chi connectivity index (χ0) is 11.8. The second kappa shape index (κ2) is 7.39. The Balaban J connectivity index is 2.77. The van der Waals surface area contributed by atoms with Crippen molar-refractivity contribution in [1.82, 2.24) is 5.32 Å². The Morgan fingerprint density at radius 2 is 1.62 bits per heavy atom. The summed E-state index contributed by atoms with van der Waals surface area (Å²) in [7, 11) is 1.92. The summed E-state index contributed by atoms with van der Waals surface area (Å²) in [4.78, 5) is 0. The zero-order valence-corrected chi connectivity index (χ0v) is 10.3. The minimum absolute atomic E-state index is 0.0705. The highest BCUT2D eigenvalue weighted by atomic mass is 16.7. The Labute approximate surface area is 97.8 Å². The molecule has 0 aliphatic rings. The van der Waals surface area contributed by atoms with Gasteiger partial charge in [-0.05, 0) is 26.5 Å². The maximum absolute atomic E-state index is 5.61. The number of benzene rings is 1. The second-order valence-corrected chi connectivity index (χ2v) is 3.46. The minimum atomic E-state index is -0.234. The molecule has 90 valence electrons. The third-order valence-electron chi connectivity index (χ3n) is 2.40. The van der Waals surface area contributed by atoms with Gasteiger partial charge in [0.05, 0.1) is 6.04 Å². The average molecular weight is 223 g/mol. The Morgan fingerprint density at radius 3 is 2.06 bits per heavy atom. The fourth-order valence-electron chi connectivity index (χ4n) is 1.69. The molecule has 1 aromatic carbocycles. The normalized spacial score (nSPS) is 13.0. The zero-order valence-electron chi connectivity index (χ0n) is 10.3. The van der Waals surface area contributed by atoms with Crippen molar-refractivity contribution in [2.24, 2.45) is 0 Å². The van der Waals surface area contributed by atoms with Crippen molar-refractivity contribution >= 4 is 0 Å². The summed E-state index contributed by atoms with van der Waals surface area (Å²) in [5, 5.41) is 3.24. The van der Waals surface area contributed by atoms with Crippen LogP contribution < -0.4 is 5.32 Å². The number of hydrogen-bond acceptors (Lipinski definition) is 3. The lowest BCUT2D eigenvalue weighted by atomic mass is 10.1. The molecule has 0 radical (unpaired) electrons. The number of likely N-dealkylation sites (N-methyl/N-ethyl adjacent to an activating group) is 1. The predicted molar refractivity (Wildman–Crippen MR) is 65.3 cm³/mol. The number of ether oxygens (including phenoxy) is 2. The molecule has 0 aromatic heterocycles. The third kappa shape index (κ3) is 3.59. The summed E-state index contributed by atoms with van der Waals surface area (Å²) in [6, 6.07) is 10.3. The summed E-state index contributed by atoms with van der Waals surface area (Å²) < 4.78 is 11.2. The van der Waals surface area contributed by atoms with Crippen LogP contribution in [0.4, 0.5) is 0 Å². The van der Waals surface area contributed by atoms with Crippen molar-refractivity contribution in [3.05, 3.63) is 35.9 Å². The van der Waals surface area contributed by atoms with Crippen molar-refractivity contribution < 1.29 is 9.47 Å². The van der Waals surface area contributed by atoms with E-state index in [1.54, 1.807) is 0 Å². The highest BCUT2D eigenvalue weighted by Gasteiger charge is 2.21. The van der Waals surface area contributed by atoms with Gasteiger partial charge >= 0.3 is 0 Å². The quantitative estimate of drug-likeness (QED) is 0.720. The standard InChI is InChI=1S/C13H21NO2/c1-4-15-13(16-5-2)12(14-3)11-9-7-6-8-10-11/h6-10,12-14H,4-5H2,1-3H3. The number of hydrogen-bond donors (Lipinski definition) is 1. The summed E-state index contributed by atoms with van der Waals surface area (Å²) >= 11 is 0. The molecule has 0 aliphatic carbocycles. The molecular weight excluding hydrogens is 202 g/mol. The molecule has 0 amide bonds. The SMILES string of the molecule is CCOC(OCC)C(NC)c1ccccc1. The molecule has 0 aliphatic heterocycles. The van der Waals surface area contributed by atoms with Crippen LogP contribution in [0, 0.1) is 0 Å². The molecule has 0 fully saturated rings. The largest absolute Gasteiger partial charge is 0.351 e. The first-order valence-corrected chi connectivity index (χ1v) is 5.78. The monoisotopic (exact) mass is 223 g/mol. The van der Waals surface area contributed by atoms with Gasteiger partial charge in [0.2, 0.25) is 0 Å². The average Bonchev–Trinajstić information content (AvgIpc) is 2.32. The van der Waals surface area contributed by atoms with Gasteiger partial charge in [0, 0.05) is 13.2 Å². The highest BCUT2D eigenvalue weighted by molar-refractivity contribution is 5.19. The molecule has 1 aromatic rings. The summed E-state index contributed by atoms with van der Waals surface area (Å²) in [6.45, 7) is 5.25. The van der Waals surface area contributed by atoms with Crippen molar-refractivity contribution in [2.45, 2.75) is 26.2 Å². The lowest BCUT2D eigenvalue weighted by Gasteiger charge is -2.26. The van der Waals surface area contributed by atoms with E-state index in [-0.39, 0.29) is 12.3 Å². The third-order valence-corrected chi connectivity index (χ3v) is 2.40. The predicted octanol–water partition coefficient (Wildman–Crippen LogP) is 2.35. The molecule has 0 spiro atoms. The van der Waals surface area contributed by atoms with E-state index in [1.807, 2.05) is 39.1 Å². The molecule has 16 heavy (non-hydrogen) atoms. The van der Waals surface area contributed by atoms with Crippen LogP contribution in [-0.4, -0.2) is 26.6 Å². The molecule has 3 heteroatoms. The van der Waals surface area contributed by atoms with E-state index in [9.17, 15) is 0 Å². The van der Waals surface area contributed by atoms with E-state index < -0.39 is 0 Å². The molecule has 1 N–H and O–H groups in total. The topological polar surface area (TPSA) is 30.5 Å². The lowest BCUT2D eigenvalue weighted by Crippen LogP contribution is -2.34. The number of rotatable bonds is 7. The summed E-state index contributed by atoms with van der Waals surface area (Å²) in [5.74, 6) is 0. The molecule has 1 rings (SSSR count). The van der Waals surface area contributed by atoms with Crippen molar-refractivity contribution in [3.63, 3.8) is 0 Å². The molecule has 0 saturated carbocycles. The van der Waals surface area contributed by atoms with E-state index in [0.717, 1.165) is 0 Å². The second-order valence-electron chi connectivity index (χ2n) is 3.46. The van der Waals surface area contributed by atoms with Gasteiger partial charge < -0.3 is 14.8 Å². The van der Waals surface area contributed by atoms with E-state index in [2.05, 4.69) is 17.4 Å². The van der Waals surface area contributed by atoms with Gasteiger partial charge in [-0.1, -0.05) is 30.3 Å². The van der Waals surface area contributed by atoms with E-state index in [0.29, 0.717) is 13.2 Å². The summed E-state index contributed by atoms with van der Waals surface area (Å²) in [6.07, 6.45) is -0.234. The van der Waals surface area contributed by atoms with Crippen LogP contribution in [0.5, 0.6) is 0 Å². The molecule has 0 bridgehead atoms. The van der Waals surface area contributed by atoms with Gasteiger partial charge in [-0.3, -0.25) is 0 Å². The lowest BCUT2D eigenvalue weighted by molar-refractivity contribution is -0.154. The van der Waals surface area contributed by atoms with Crippen molar-refractivity contribution in [3.8, 4) is 0 Å². The van der Waals surface area contributed by atoms with Gasteiger partial charge in [-0.15, -0.1) is 0 Å². The maximum atomic E-state index is 5.61. The Morgan fingerprint density at radius 1 is 1.06 bits per heavy atom. The van der Waals surface area contributed by atoms with Crippen LogP contribution in [-0.2, 0) is 9.47 Å². The minimum Gasteiger partial charge on any atom is -0.351 e. The van der Waals surface area contributed by atoms with Gasteiger partial charge in [0.1, 0.15) is 0 Å². The van der Waals surface area contributed by atoms with Crippen LogP contribution in [0.25, 0.3) is 0 Å². The van der Waals surface area contributed by atoms with Crippen LogP contribution in [0.15, 0.2) is 30.3 Å². The van der Waals surface area contributed by atoms with Crippen LogP contribution in [0.2, 0.25) is 0 Å². The van der Waals surface area contributed by atoms with Crippen molar-refractivity contribution in [1.29, 1.82) is 0 Å². The smallest absolute Gasteiger partial charge is 0.176 e. The molecule has 1 atom stereocenters. The Kier molecular flexibility index (Phi) is 6.08. The fourth-order valence-corrected chi connectivity index (χ4v) is 1.69. The van der Waals surface area contributed by atoms with Crippen LogP contribution >= 0.6 is 0 Å². The van der Waals surface area contributed by atoms with Gasteiger partial charge in [-0.2, -0.15) is 0 Å². The highest BCUT2D eigenvalue weighted by Crippen LogP contribution is 2.19. The Hall–Kier alpha value is -0.900. The molecular formula is C13H21NO2. The van der Waals surface area contributed by atoms with Crippen molar-refractivity contribution in [2.75, 3.05) is 20.3 Å². The van der Waals surface area contributed by atoms with Crippen LogP contribution in [0.3, 0.4) is 0 Å². The van der Waals surface area contributed by atoms with Gasteiger partial charge in [-0.25, -0.2) is 0 Å². The summed E-state index contributed by atoms with van der Waals surface area (Å²) in [5.41, 5.74) is 1.18. The Bertz CT molecular complexity index is 271. The van der Waals surface area contributed by atoms with E-state index >= 15 is 0 Å². The first kappa shape index (κ1) is 13.2. The van der Waals surface area contributed by atoms with E-state index in [1.165, 1.54) is 5.56 Å². The first-order valence-electron chi connectivity index (χ1n) is 5.78. The molecule has 1 unspecified atom stereocenters. The van der Waals surface area contributed by atoms with Gasteiger partial charge in [0.15, 0.2) is 6.29 Å². The van der Waals surface area contributed by atoms with E-state index in [4.69, 9.17) is 9.47 Å². The molecule has 0 heterocycles. The van der Waals surface area contributed by atoms with Gasteiger partial charge in [0.25, 0.3) is 0 Å². The molecule has 0 saturated heterocycles. The van der Waals surface area contributed by atoms with Crippen LogP contribution in [0.1, 0.15) is 25.5 Å². The molecule has 3 nitrogen and oxygen atoms in total. The first-order chi connectivity index (χ1) is 7.83. The number of nitrogens with one attached hydrogen (secondary N) is 1. The fraction of sp³-hybridized carbons (Fsp3) is 0.538. The maximum Gasteiger partial charge on any atom is 0.176 e.